The summed E-state index contributed by atoms with van der Waals surface area (Å²) in [6.07, 6.45) is 3.40. The van der Waals surface area contributed by atoms with Crippen molar-refractivity contribution in [3.8, 4) is 0 Å². The quantitative estimate of drug-likeness (QED) is 0.475. The Morgan fingerprint density at radius 2 is 2.10 bits per heavy atom. The second-order valence-electron chi connectivity index (χ2n) is 4.45. The van der Waals surface area contributed by atoms with Crippen LogP contribution in [0.15, 0.2) is 35.4 Å². The van der Waals surface area contributed by atoms with Crippen LogP contribution in [0.2, 0.25) is 0 Å². The molecule has 0 spiro atoms. The molecular weight excluding hydrogens is 258 g/mol. The molecule has 1 aliphatic rings. The summed E-state index contributed by atoms with van der Waals surface area (Å²) in [7, 11) is 0. The zero-order valence-electron chi connectivity index (χ0n) is 11.0. The molecule has 1 saturated heterocycles. The number of carbonyl (C=O) groups is 2. The van der Waals surface area contributed by atoms with Crippen molar-refractivity contribution in [1.29, 1.82) is 0 Å². The van der Waals surface area contributed by atoms with Crippen molar-refractivity contribution in [2.75, 3.05) is 13.2 Å². The molecule has 1 heterocycles. The minimum absolute atomic E-state index is 0.0135. The Morgan fingerprint density at radius 3 is 2.80 bits per heavy atom. The number of hydrogen-bond donors (Lipinski definition) is 2. The van der Waals surface area contributed by atoms with Gasteiger partial charge in [-0.05, 0) is 18.4 Å². The smallest absolute Gasteiger partial charge is 0.329 e. The third-order valence-corrected chi connectivity index (χ3v) is 2.90. The molecule has 2 N–H and O–H groups in total. The van der Waals surface area contributed by atoms with Crippen molar-refractivity contribution in [3.05, 3.63) is 35.9 Å². The van der Waals surface area contributed by atoms with E-state index in [4.69, 9.17) is 4.74 Å². The lowest BCUT2D eigenvalue weighted by Crippen LogP contribution is -2.41. The zero-order chi connectivity index (χ0) is 14.2. The fourth-order valence-electron chi connectivity index (χ4n) is 1.85. The molecule has 2 rings (SSSR count). The average molecular weight is 275 g/mol. The van der Waals surface area contributed by atoms with Crippen LogP contribution in [0.4, 0.5) is 0 Å². The van der Waals surface area contributed by atoms with Gasteiger partial charge < -0.3 is 10.1 Å². The fraction of sp³-hybridized carbons (Fsp3) is 0.357. The van der Waals surface area contributed by atoms with Gasteiger partial charge in [0, 0.05) is 13.2 Å². The van der Waals surface area contributed by atoms with Crippen LogP contribution >= 0.6 is 0 Å². The molecule has 20 heavy (non-hydrogen) atoms. The number of hydrazone groups is 1. The van der Waals surface area contributed by atoms with E-state index >= 15 is 0 Å². The highest BCUT2D eigenvalue weighted by Crippen LogP contribution is 2.10. The first-order valence-electron chi connectivity index (χ1n) is 6.53. The maximum atomic E-state index is 11.5. The van der Waals surface area contributed by atoms with Crippen LogP contribution in [0.3, 0.4) is 0 Å². The average Bonchev–Trinajstić information content (AvgIpc) is 2.99. The van der Waals surface area contributed by atoms with Gasteiger partial charge >= 0.3 is 11.8 Å². The van der Waals surface area contributed by atoms with E-state index in [0.29, 0.717) is 13.2 Å². The molecule has 1 aromatic carbocycles. The van der Waals surface area contributed by atoms with Gasteiger partial charge in [0.25, 0.3) is 0 Å². The van der Waals surface area contributed by atoms with E-state index in [2.05, 4.69) is 15.8 Å². The van der Waals surface area contributed by atoms with Gasteiger partial charge in [0.05, 0.1) is 12.3 Å². The number of carbonyl (C=O) groups excluding carboxylic acids is 2. The molecule has 1 atom stereocenters. The van der Waals surface area contributed by atoms with E-state index in [0.717, 1.165) is 18.4 Å². The van der Waals surface area contributed by atoms with Crippen molar-refractivity contribution in [2.24, 2.45) is 5.10 Å². The lowest BCUT2D eigenvalue weighted by atomic mass is 10.2. The van der Waals surface area contributed by atoms with Gasteiger partial charge in [0.15, 0.2) is 0 Å². The Labute approximate surface area is 117 Å². The van der Waals surface area contributed by atoms with Gasteiger partial charge in [-0.15, -0.1) is 0 Å². The van der Waals surface area contributed by atoms with Crippen molar-refractivity contribution < 1.29 is 14.3 Å². The predicted octanol–water partition coefficient (Wildman–Crippen LogP) is 0.432. The molecule has 1 fully saturated rings. The van der Waals surface area contributed by atoms with Crippen molar-refractivity contribution >= 4 is 18.0 Å². The number of benzene rings is 1. The van der Waals surface area contributed by atoms with Crippen molar-refractivity contribution in [2.45, 2.75) is 18.9 Å². The minimum Gasteiger partial charge on any atom is -0.376 e. The second kappa shape index (κ2) is 7.40. The highest BCUT2D eigenvalue weighted by molar-refractivity contribution is 6.35. The maximum absolute atomic E-state index is 11.5. The Kier molecular flexibility index (Phi) is 5.25. The van der Waals surface area contributed by atoms with E-state index in [1.807, 2.05) is 30.3 Å². The van der Waals surface area contributed by atoms with E-state index in [-0.39, 0.29) is 6.10 Å². The third kappa shape index (κ3) is 4.47. The number of hydrogen-bond acceptors (Lipinski definition) is 4. The first kappa shape index (κ1) is 14.2. The summed E-state index contributed by atoms with van der Waals surface area (Å²) in [6, 6.07) is 9.28. The predicted molar refractivity (Wildman–Crippen MR) is 74.2 cm³/mol. The van der Waals surface area contributed by atoms with Crippen molar-refractivity contribution in [1.82, 2.24) is 10.7 Å². The Morgan fingerprint density at radius 1 is 1.30 bits per heavy atom. The highest BCUT2D eigenvalue weighted by Gasteiger charge is 2.18. The standard InChI is InChI=1S/C14H17N3O3/c18-13(15-10-12-7-4-8-20-12)14(19)17-16-9-11-5-2-1-3-6-11/h1-3,5-6,9,12H,4,7-8,10H2,(H,15,18)(H,17,19)/b16-9-/t12-/m0/s1. The molecule has 6 nitrogen and oxygen atoms in total. The number of amides is 2. The van der Waals surface area contributed by atoms with Gasteiger partial charge in [-0.25, -0.2) is 5.43 Å². The first-order valence-corrected chi connectivity index (χ1v) is 6.53. The molecule has 2 amide bonds. The van der Waals surface area contributed by atoms with Gasteiger partial charge in [-0.3, -0.25) is 9.59 Å². The normalized spacial score (nSPS) is 18.1. The first-order chi connectivity index (χ1) is 9.75. The largest absolute Gasteiger partial charge is 0.376 e. The SMILES string of the molecule is O=C(NC[C@@H]1CCCO1)C(=O)N/N=C\c1ccccc1. The van der Waals surface area contributed by atoms with Crippen molar-refractivity contribution in [3.63, 3.8) is 0 Å². The van der Waals surface area contributed by atoms with Gasteiger partial charge in [-0.2, -0.15) is 5.10 Å². The molecule has 0 aliphatic carbocycles. The third-order valence-electron chi connectivity index (χ3n) is 2.90. The summed E-state index contributed by atoms with van der Waals surface area (Å²) in [6.45, 7) is 1.07. The van der Waals surface area contributed by atoms with Crippen LogP contribution in [0.25, 0.3) is 0 Å². The molecule has 0 aromatic heterocycles. The van der Waals surface area contributed by atoms with Crippen LogP contribution in [0.5, 0.6) is 0 Å². The maximum Gasteiger partial charge on any atom is 0.329 e. The summed E-state index contributed by atoms with van der Waals surface area (Å²) in [5, 5.41) is 6.25. The molecule has 6 heteroatoms. The highest BCUT2D eigenvalue weighted by atomic mass is 16.5. The fourth-order valence-corrected chi connectivity index (χ4v) is 1.85. The Bertz CT molecular complexity index is 482. The van der Waals surface area contributed by atoms with Gasteiger partial charge in [-0.1, -0.05) is 30.3 Å². The summed E-state index contributed by atoms with van der Waals surface area (Å²) in [4.78, 5) is 22.9. The van der Waals surface area contributed by atoms with Crippen LogP contribution in [-0.2, 0) is 14.3 Å². The second-order valence-corrected chi connectivity index (χ2v) is 4.45. The van der Waals surface area contributed by atoms with Crippen LogP contribution in [-0.4, -0.2) is 37.3 Å². The molecule has 1 aromatic rings. The number of ether oxygens (including phenoxy) is 1. The number of rotatable bonds is 4. The molecule has 106 valence electrons. The molecular formula is C14H17N3O3. The molecule has 0 saturated carbocycles. The van der Waals surface area contributed by atoms with E-state index in [9.17, 15) is 9.59 Å². The molecule has 1 aliphatic heterocycles. The molecule has 0 bridgehead atoms. The van der Waals surface area contributed by atoms with Crippen LogP contribution < -0.4 is 10.7 Å². The van der Waals surface area contributed by atoms with Gasteiger partial charge in [0.2, 0.25) is 0 Å². The summed E-state index contributed by atoms with van der Waals surface area (Å²) in [5.41, 5.74) is 3.02. The van der Waals surface area contributed by atoms with E-state index < -0.39 is 11.8 Å². The van der Waals surface area contributed by atoms with Crippen LogP contribution in [0.1, 0.15) is 18.4 Å². The van der Waals surface area contributed by atoms with E-state index in [1.54, 1.807) is 0 Å². The zero-order valence-corrected chi connectivity index (χ0v) is 11.0. The lowest BCUT2D eigenvalue weighted by molar-refractivity contribution is -0.139. The summed E-state index contributed by atoms with van der Waals surface area (Å²) in [5.74, 6) is -1.49. The summed E-state index contributed by atoms with van der Waals surface area (Å²) >= 11 is 0. The Hall–Kier alpha value is -2.21. The van der Waals surface area contributed by atoms with E-state index in [1.165, 1.54) is 6.21 Å². The number of nitrogens with zero attached hydrogens (tertiary/aromatic N) is 1. The summed E-state index contributed by atoms with van der Waals surface area (Å²) < 4.78 is 5.35. The minimum atomic E-state index is -0.782. The van der Waals surface area contributed by atoms with Gasteiger partial charge in [0.1, 0.15) is 0 Å². The molecule has 0 radical (unpaired) electrons. The van der Waals surface area contributed by atoms with Crippen LogP contribution in [0, 0.1) is 0 Å². The lowest BCUT2D eigenvalue weighted by Gasteiger charge is -2.09. The monoisotopic (exact) mass is 275 g/mol. The topological polar surface area (TPSA) is 79.8 Å². The Balaban J connectivity index is 1.71. The molecule has 0 unspecified atom stereocenters. The number of nitrogens with one attached hydrogen (secondary N) is 2.